The van der Waals surface area contributed by atoms with Crippen LogP contribution in [0, 0.1) is 23.2 Å². The zero-order valence-electron chi connectivity index (χ0n) is 11.1. The molecule has 2 unspecified atom stereocenters. The number of likely N-dealkylation sites (tertiary alicyclic amines) is 1. The van der Waals surface area contributed by atoms with Crippen molar-refractivity contribution in [2.24, 2.45) is 11.8 Å². The molecule has 1 aliphatic carbocycles. The van der Waals surface area contributed by atoms with Crippen LogP contribution in [0.1, 0.15) is 25.7 Å². The van der Waals surface area contributed by atoms with Crippen LogP contribution in [0.5, 0.6) is 0 Å². The molecule has 19 heavy (non-hydrogen) atoms. The van der Waals surface area contributed by atoms with Gasteiger partial charge in [-0.3, -0.25) is 4.90 Å². The molecule has 3 nitrogen and oxygen atoms in total. The normalized spacial score (nSPS) is 28.7. The highest BCUT2D eigenvalue weighted by atomic mass is 19.4. The molecule has 108 valence electrons. The highest BCUT2D eigenvalue weighted by Gasteiger charge is 2.48. The second-order valence-electron chi connectivity index (χ2n) is 5.72. The second kappa shape index (κ2) is 5.29. The summed E-state index contributed by atoms with van der Waals surface area (Å²) in [5.74, 6) is -0.956. The Morgan fingerprint density at radius 2 is 1.95 bits per heavy atom. The Morgan fingerprint density at radius 3 is 2.42 bits per heavy atom. The number of hydrogen-bond donors (Lipinski definition) is 1. The first-order chi connectivity index (χ1) is 8.91. The topological polar surface area (TPSA) is 39.1 Å². The van der Waals surface area contributed by atoms with E-state index in [0.29, 0.717) is 19.5 Å². The van der Waals surface area contributed by atoms with Gasteiger partial charge in [-0.15, -0.1) is 0 Å². The number of halogens is 3. The molecule has 1 saturated heterocycles. The van der Waals surface area contributed by atoms with Crippen LogP contribution in [-0.2, 0) is 0 Å². The Morgan fingerprint density at radius 1 is 1.26 bits per heavy atom. The lowest BCUT2D eigenvalue weighted by Crippen LogP contribution is -2.55. The van der Waals surface area contributed by atoms with Crippen LogP contribution in [0.4, 0.5) is 13.2 Å². The van der Waals surface area contributed by atoms with Gasteiger partial charge in [0, 0.05) is 13.1 Å². The van der Waals surface area contributed by atoms with Crippen molar-refractivity contribution in [3.05, 3.63) is 0 Å². The van der Waals surface area contributed by atoms with Crippen molar-refractivity contribution in [3.8, 4) is 6.07 Å². The van der Waals surface area contributed by atoms with Crippen molar-refractivity contribution >= 4 is 0 Å². The van der Waals surface area contributed by atoms with Crippen LogP contribution < -0.4 is 5.32 Å². The van der Waals surface area contributed by atoms with E-state index in [0.717, 1.165) is 12.8 Å². The van der Waals surface area contributed by atoms with E-state index in [1.165, 1.54) is 0 Å². The lowest BCUT2D eigenvalue weighted by Gasteiger charge is -2.38. The maximum absolute atomic E-state index is 12.8. The Hall–Kier alpha value is -0.800. The largest absolute Gasteiger partial charge is 0.393 e. The summed E-state index contributed by atoms with van der Waals surface area (Å²) in [6.45, 7) is 1.09. The van der Waals surface area contributed by atoms with Gasteiger partial charge in [0.2, 0.25) is 0 Å². The van der Waals surface area contributed by atoms with E-state index in [1.807, 2.05) is 0 Å². The van der Waals surface area contributed by atoms with Gasteiger partial charge >= 0.3 is 6.18 Å². The van der Waals surface area contributed by atoms with Crippen molar-refractivity contribution in [1.82, 2.24) is 10.2 Å². The average molecular weight is 275 g/mol. The van der Waals surface area contributed by atoms with Gasteiger partial charge in [0.1, 0.15) is 5.54 Å². The third kappa shape index (κ3) is 3.21. The molecule has 0 aromatic heterocycles. The molecular formula is C13H20F3N3. The Kier molecular flexibility index (Phi) is 4.07. The van der Waals surface area contributed by atoms with Crippen LogP contribution in [-0.4, -0.2) is 43.3 Å². The van der Waals surface area contributed by atoms with E-state index in [4.69, 9.17) is 0 Å². The lowest BCUT2D eigenvalue weighted by atomic mass is 9.91. The molecule has 1 aliphatic heterocycles. The number of likely N-dealkylation sites (N-methyl/N-ethyl adjacent to an activating group) is 1. The first kappa shape index (κ1) is 14.6. The standard InChI is InChI=1S/C13H20F3N3/c1-18-12(8-17,10-4-5-10)9-19-6-2-3-11(7-19)13(14,15)16/h10-11,18H,2-7,9H2,1H3. The Balaban J connectivity index is 2.00. The van der Waals surface area contributed by atoms with E-state index in [9.17, 15) is 18.4 Å². The van der Waals surface area contributed by atoms with Gasteiger partial charge in [-0.2, -0.15) is 18.4 Å². The molecule has 2 rings (SSSR count). The van der Waals surface area contributed by atoms with E-state index in [1.54, 1.807) is 11.9 Å². The molecule has 0 amide bonds. The quantitative estimate of drug-likeness (QED) is 0.854. The van der Waals surface area contributed by atoms with Crippen LogP contribution in [0.15, 0.2) is 0 Å². The summed E-state index contributed by atoms with van der Waals surface area (Å²) in [5.41, 5.74) is -0.673. The summed E-state index contributed by atoms with van der Waals surface area (Å²) in [5, 5.41) is 12.4. The maximum Gasteiger partial charge on any atom is 0.393 e. The fourth-order valence-corrected chi connectivity index (χ4v) is 2.99. The molecule has 0 spiro atoms. The van der Waals surface area contributed by atoms with Crippen molar-refractivity contribution in [2.75, 3.05) is 26.7 Å². The van der Waals surface area contributed by atoms with Crippen LogP contribution >= 0.6 is 0 Å². The third-order valence-corrected chi connectivity index (χ3v) is 4.36. The molecule has 1 heterocycles. The highest BCUT2D eigenvalue weighted by Crippen LogP contribution is 2.41. The van der Waals surface area contributed by atoms with Crippen molar-refractivity contribution < 1.29 is 13.2 Å². The monoisotopic (exact) mass is 275 g/mol. The summed E-state index contributed by atoms with van der Waals surface area (Å²) in [6, 6.07) is 2.29. The number of nitrogens with zero attached hydrogens (tertiary/aromatic N) is 2. The molecule has 0 aromatic carbocycles. The van der Waals surface area contributed by atoms with Crippen LogP contribution in [0.25, 0.3) is 0 Å². The van der Waals surface area contributed by atoms with Gasteiger partial charge in [-0.05, 0) is 45.2 Å². The van der Waals surface area contributed by atoms with Crippen LogP contribution in [0.2, 0.25) is 0 Å². The molecular weight excluding hydrogens is 255 g/mol. The zero-order chi connectivity index (χ0) is 14.1. The fourth-order valence-electron chi connectivity index (χ4n) is 2.99. The molecule has 0 radical (unpaired) electrons. The van der Waals surface area contributed by atoms with Gasteiger partial charge in [0.05, 0.1) is 12.0 Å². The maximum atomic E-state index is 12.8. The SMILES string of the molecule is CNC(C#N)(CN1CCCC(C(F)(F)F)C1)C1CC1. The summed E-state index contributed by atoms with van der Waals surface area (Å²) in [4.78, 5) is 1.81. The predicted octanol–water partition coefficient (Wildman–Crippen LogP) is 2.15. The molecule has 2 aliphatic rings. The molecule has 0 bridgehead atoms. The van der Waals surface area contributed by atoms with Crippen molar-refractivity contribution in [1.29, 1.82) is 5.26 Å². The van der Waals surface area contributed by atoms with Gasteiger partial charge in [-0.25, -0.2) is 0 Å². The Bertz CT molecular complexity index is 359. The second-order valence-corrected chi connectivity index (χ2v) is 5.72. The number of nitriles is 1. The molecule has 1 saturated carbocycles. The fraction of sp³-hybridized carbons (Fsp3) is 0.923. The van der Waals surface area contributed by atoms with E-state index in [-0.39, 0.29) is 18.9 Å². The van der Waals surface area contributed by atoms with E-state index >= 15 is 0 Å². The molecule has 2 fully saturated rings. The minimum absolute atomic E-state index is 0.0291. The smallest absolute Gasteiger partial charge is 0.301 e. The zero-order valence-corrected chi connectivity index (χ0v) is 11.1. The number of nitrogens with one attached hydrogen (secondary N) is 1. The minimum Gasteiger partial charge on any atom is -0.301 e. The summed E-state index contributed by atoms with van der Waals surface area (Å²) in [7, 11) is 1.73. The number of alkyl halides is 3. The van der Waals surface area contributed by atoms with Gasteiger partial charge in [0.25, 0.3) is 0 Å². The van der Waals surface area contributed by atoms with Crippen molar-refractivity contribution in [3.63, 3.8) is 0 Å². The molecule has 6 heteroatoms. The van der Waals surface area contributed by atoms with Crippen LogP contribution in [0.3, 0.4) is 0 Å². The highest BCUT2D eigenvalue weighted by molar-refractivity contribution is 5.16. The minimum atomic E-state index is -4.12. The molecule has 1 N–H and O–H groups in total. The molecule has 2 atom stereocenters. The Labute approximate surface area is 111 Å². The number of piperidine rings is 1. The van der Waals surface area contributed by atoms with E-state index < -0.39 is 17.6 Å². The number of hydrogen-bond acceptors (Lipinski definition) is 3. The van der Waals surface area contributed by atoms with Crippen molar-refractivity contribution in [2.45, 2.75) is 37.4 Å². The molecule has 0 aromatic rings. The summed E-state index contributed by atoms with van der Waals surface area (Å²) in [6.07, 6.45) is -1.37. The van der Waals surface area contributed by atoms with Gasteiger partial charge in [0.15, 0.2) is 0 Å². The predicted molar refractivity (Wildman–Crippen MR) is 65.3 cm³/mol. The first-order valence-electron chi connectivity index (χ1n) is 6.80. The van der Waals surface area contributed by atoms with E-state index in [2.05, 4.69) is 11.4 Å². The summed E-state index contributed by atoms with van der Waals surface area (Å²) < 4.78 is 38.3. The van der Waals surface area contributed by atoms with Gasteiger partial charge < -0.3 is 5.32 Å². The van der Waals surface area contributed by atoms with Gasteiger partial charge in [-0.1, -0.05) is 0 Å². The number of rotatable bonds is 4. The first-order valence-corrected chi connectivity index (χ1v) is 6.80. The third-order valence-electron chi connectivity index (χ3n) is 4.36. The lowest BCUT2D eigenvalue weighted by molar-refractivity contribution is -0.187. The summed E-state index contributed by atoms with van der Waals surface area (Å²) >= 11 is 0. The average Bonchev–Trinajstić information content (AvgIpc) is 3.20.